The summed E-state index contributed by atoms with van der Waals surface area (Å²) in [4.78, 5) is 15.8. The molecule has 0 saturated carbocycles. The normalized spacial score (nSPS) is 12.8. The molecule has 1 aromatic heterocycles. The quantitative estimate of drug-likeness (QED) is 0.700. The van der Waals surface area contributed by atoms with E-state index in [9.17, 15) is 9.90 Å². The molecule has 1 rings (SSSR count). The highest BCUT2D eigenvalue weighted by Crippen LogP contribution is 1.95. The van der Waals surface area contributed by atoms with E-state index in [-0.39, 0.29) is 12.1 Å². The summed E-state index contributed by atoms with van der Waals surface area (Å²) >= 11 is 0. The van der Waals surface area contributed by atoms with Gasteiger partial charge in [0.2, 0.25) is 0 Å². The Morgan fingerprint density at radius 2 is 2.27 bits per heavy atom. The first-order chi connectivity index (χ1) is 7.04. The van der Waals surface area contributed by atoms with E-state index in [1.165, 1.54) is 10.6 Å². The Morgan fingerprint density at radius 3 is 2.80 bits per heavy atom. The summed E-state index contributed by atoms with van der Waals surface area (Å²) < 4.78 is 1.48. The number of aromatic nitrogens is 2. The molecule has 5 nitrogen and oxygen atoms in total. The van der Waals surface area contributed by atoms with E-state index in [0.29, 0.717) is 18.1 Å². The molecule has 0 spiro atoms. The largest absolute Gasteiger partial charge is 0.390 e. The van der Waals surface area contributed by atoms with Gasteiger partial charge in [-0.1, -0.05) is 0 Å². The third-order valence-corrected chi connectivity index (χ3v) is 2.16. The van der Waals surface area contributed by atoms with Crippen molar-refractivity contribution in [1.29, 1.82) is 0 Å². The molecule has 84 valence electrons. The summed E-state index contributed by atoms with van der Waals surface area (Å²) in [6.45, 7) is 4.28. The van der Waals surface area contributed by atoms with Crippen molar-refractivity contribution in [3.63, 3.8) is 0 Å². The predicted molar refractivity (Wildman–Crippen MR) is 57.9 cm³/mol. The van der Waals surface area contributed by atoms with Crippen molar-refractivity contribution in [2.75, 3.05) is 13.6 Å². The molecule has 1 aromatic rings. The van der Waals surface area contributed by atoms with Crippen molar-refractivity contribution >= 4 is 0 Å². The minimum absolute atomic E-state index is 0.116. The standard InChI is InChI=1S/C10H17N3O2/c1-7-4-10(15)13(8(2)12-7)6-9(14)5-11-3/h4,9,11,14H,5-6H2,1-3H3. The zero-order valence-corrected chi connectivity index (χ0v) is 9.32. The summed E-state index contributed by atoms with van der Waals surface area (Å²) in [7, 11) is 1.76. The van der Waals surface area contributed by atoms with Gasteiger partial charge in [0.25, 0.3) is 5.56 Å². The molecular weight excluding hydrogens is 194 g/mol. The fraction of sp³-hybridized carbons (Fsp3) is 0.600. The first kappa shape index (κ1) is 11.9. The number of aryl methyl sites for hydroxylation is 2. The second-order valence-electron chi connectivity index (χ2n) is 3.61. The van der Waals surface area contributed by atoms with Gasteiger partial charge < -0.3 is 10.4 Å². The monoisotopic (exact) mass is 211 g/mol. The van der Waals surface area contributed by atoms with Crippen LogP contribution in [-0.2, 0) is 6.54 Å². The van der Waals surface area contributed by atoms with E-state index in [1.807, 2.05) is 0 Å². The number of hydrogen-bond acceptors (Lipinski definition) is 4. The van der Waals surface area contributed by atoms with Crippen LogP contribution >= 0.6 is 0 Å². The van der Waals surface area contributed by atoms with Crippen molar-refractivity contribution in [1.82, 2.24) is 14.9 Å². The average Bonchev–Trinajstić information content (AvgIpc) is 2.11. The molecule has 0 amide bonds. The Bertz CT molecular complexity index is 387. The fourth-order valence-corrected chi connectivity index (χ4v) is 1.50. The number of likely N-dealkylation sites (N-methyl/N-ethyl adjacent to an activating group) is 1. The van der Waals surface area contributed by atoms with Gasteiger partial charge in [0.15, 0.2) is 0 Å². The summed E-state index contributed by atoms with van der Waals surface area (Å²) in [6.07, 6.45) is -0.573. The van der Waals surface area contributed by atoms with Crippen LogP contribution in [0.5, 0.6) is 0 Å². The molecular formula is C10H17N3O2. The van der Waals surface area contributed by atoms with Crippen LogP contribution in [-0.4, -0.2) is 34.4 Å². The Labute approximate surface area is 88.8 Å². The topological polar surface area (TPSA) is 67.2 Å². The minimum Gasteiger partial charge on any atom is -0.390 e. The van der Waals surface area contributed by atoms with Crippen molar-refractivity contribution in [2.24, 2.45) is 0 Å². The fourth-order valence-electron chi connectivity index (χ4n) is 1.50. The van der Waals surface area contributed by atoms with Crippen LogP contribution in [0.25, 0.3) is 0 Å². The van der Waals surface area contributed by atoms with Gasteiger partial charge in [-0.15, -0.1) is 0 Å². The summed E-state index contributed by atoms with van der Waals surface area (Å²) in [6, 6.07) is 1.47. The van der Waals surface area contributed by atoms with E-state index in [2.05, 4.69) is 10.3 Å². The maximum atomic E-state index is 11.6. The number of aliphatic hydroxyl groups is 1. The Hall–Kier alpha value is -1.20. The van der Waals surface area contributed by atoms with Crippen LogP contribution in [0, 0.1) is 13.8 Å². The molecule has 0 aliphatic carbocycles. The van der Waals surface area contributed by atoms with Crippen LogP contribution in [0.4, 0.5) is 0 Å². The Morgan fingerprint density at radius 1 is 1.60 bits per heavy atom. The molecule has 0 fully saturated rings. The smallest absolute Gasteiger partial charge is 0.253 e. The Balaban J connectivity index is 2.90. The van der Waals surface area contributed by atoms with Gasteiger partial charge >= 0.3 is 0 Å². The average molecular weight is 211 g/mol. The third-order valence-electron chi connectivity index (χ3n) is 2.16. The molecule has 0 saturated heterocycles. The van der Waals surface area contributed by atoms with Gasteiger partial charge in [0, 0.05) is 18.3 Å². The predicted octanol–water partition coefficient (Wildman–Crippen LogP) is -0.560. The second-order valence-corrected chi connectivity index (χ2v) is 3.61. The van der Waals surface area contributed by atoms with Crippen LogP contribution in [0.2, 0.25) is 0 Å². The highest BCUT2D eigenvalue weighted by molar-refractivity contribution is 5.01. The number of nitrogens with zero attached hydrogens (tertiary/aromatic N) is 2. The molecule has 0 bridgehead atoms. The van der Waals surface area contributed by atoms with Gasteiger partial charge in [0.1, 0.15) is 5.82 Å². The summed E-state index contributed by atoms with van der Waals surface area (Å²) in [5, 5.41) is 12.4. The van der Waals surface area contributed by atoms with E-state index in [4.69, 9.17) is 0 Å². The highest BCUT2D eigenvalue weighted by atomic mass is 16.3. The maximum Gasteiger partial charge on any atom is 0.253 e. The number of nitrogens with one attached hydrogen (secondary N) is 1. The molecule has 2 N–H and O–H groups in total. The lowest BCUT2D eigenvalue weighted by atomic mass is 10.3. The van der Waals surface area contributed by atoms with Crippen molar-refractivity contribution < 1.29 is 5.11 Å². The first-order valence-electron chi connectivity index (χ1n) is 4.92. The van der Waals surface area contributed by atoms with Crippen LogP contribution in [0.15, 0.2) is 10.9 Å². The number of rotatable bonds is 4. The molecule has 0 aliphatic rings. The molecule has 0 aliphatic heterocycles. The van der Waals surface area contributed by atoms with Crippen LogP contribution in [0.1, 0.15) is 11.5 Å². The zero-order chi connectivity index (χ0) is 11.4. The van der Waals surface area contributed by atoms with E-state index in [0.717, 1.165) is 0 Å². The Kier molecular flexibility index (Phi) is 3.99. The van der Waals surface area contributed by atoms with Crippen LogP contribution < -0.4 is 10.9 Å². The first-order valence-corrected chi connectivity index (χ1v) is 4.92. The third kappa shape index (κ3) is 3.14. The summed E-state index contributed by atoms with van der Waals surface area (Å²) in [5.74, 6) is 0.634. The van der Waals surface area contributed by atoms with Crippen molar-refractivity contribution in [3.05, 3.63) is 27.9 Å². The molecule has 1 atom stereocenters. The molecule has 15 heavy (non-hydrogen) atoms. The summed E-state index contributed by atoms with van der Waals surface area (Å²) in [5.41, 5.74) is 0.590. The van der Waals surface area contributed by atoms with Gasteiger partial charge in [-0.2, -0.15) is 0 Å². The zero-order valence-electron chi connectivity index (χ0n) is 9.32. The molecule has 5 heteroatoms. The molecule has 0 radical (unpaired) electrons. The highest BCUT2D eigenvalue weighted by Gasteiger charge is 2.08. The van der Waals surface area contributed by atoms with E-state index < -0.39 is 6.10 Å². The van der Waals surface area contributed by atoms with Gasteiger partial charge in [0.05, 0.1) is 12.6 Å². The van der Waals surface area contributed by atoms with Gasteiger partial charge in [-0.25, -0.2) is 4.98 Å². The van der Waals surface area contributed by atoms with Crippen LogP contribution in [0.3, 0.4) is 0 Å². The lowest BCUT2D eigenvalue weighted by molar-refractivity contribution is 0.151. The lowest BCUT2D eigenvalue weighted by Crippen LogP contribution is -2.34. The second kappa shape index (κ2) is 5.04. The van der Waals surface area contributed by atoms with E-state index in [1.54, 1.807) is 20.9 Å². The lowest BCUT2D eigenvalue weighted by Gasteiger charge is -2.14. The molecule has 0 aromatic carbocycles. The van der Waals surface area contributed by atoms with Crippen molar-refractivity contribution in [2.45, 2.75) is 26.5 Å². The van der Waals surface area contributed by atoms with Crippen molar-refractivity contribution in [3.8, 4) is 0 Å². The number of hydrogen-bond donors (Lipinski definition) is 2. The molecule has 1 unspecified atom stereocenters. The van der Waals surface area contributed by atoms with Gasteiger partial charge in [-0.05, 0) is 20.9 Å². The SMILES string of the molecule is CNCC(O)Cn1c(C)nc(C)cc1=O. The molecule has 1 heterocycles. The minimum atomic E-state index is -0.573. The van der Waals surface area contributed by atoms with E-state index >= 15 is 0 Å². The maximum absolute atomic E-state index is 11.6. The number of aliphatic hydroxyl groups excluding tert-OH is 1. The van der Waals surface area contributed by atoms with Gasteiger partial charge in [-0.3, -0.25) is 9.36 Å².